The van der Waals surface area contributed by atoms with E-state index in [1.807, 2.05) is 25.1 Å². The van der Waals surface area contributed by atoms with Crippen LogP contribution >= 0.6 is 0 Å². The highest BCUT2D eigenvalue weighted by atomic mass is 19.4. The van der Waals surface area contributed by atoms with Crippen molar-refractivity contribution in [2.75, 3.05) is 18.4 Å². The molecule has 5 nitrogen and oxygen atoms in total. The summed E-state index contributed by atoms with van der Waals surface area (Å²) in [5.41, 5.74) is 0.168. The van der Waals surface area contributed by atoms with Crippen LogP contribution in [-0.2, 0) is 6.18 Å². The molecule has 0 radical (unpaired) electrons. The molecule has 2 fully saturated rings. The molecule has 5 rings (SSSR count). The van der Waals surface area contributed by atoms with Crippen molar-refractivity contribution >= 4 is 16.6 Å². The zero-order valence-electron chi connectivity index (χ0n) is 19.4. The molecule has 3 atom stereocenters. The summed E-state index contributed by atoms with van der Waals surface area (Å²) in [6.07, 6.45) is 2.05. The first-order valence-electron chi connectivity index (χ1n) is 11.9. The van der Waals surface area contributed by atoms with Gasteiger partial charge in [-0.25, -0.2) is 0 Å². The summed E-state index contributed by atoms with van der Waals surface area (Å²) in [4.78, 5) is 2.56. The van der Waals surface area contributed by atoms with Crippen molar-refractivity contribution in [1.29, 1.82) is 0 Å². The number of nitrogens with one attached hydrogen (secondary N) is 1. The molecule has 2 aliphatic rings. The average molecular weight is 471 g/mol. The normalized spacial score (nSPS) is 21.9. The van der Waals surface area contributed by atoms with E-state index in [1.165, 1.54) is 32.4 Å². The fraction of sp³-hybridized carbons (Fsp3) is 0.462. The Morgan fingerprint density at radius 3 is 2.82 bits per heavy atom. The Kier molecular flexibility index (Phi) is 6.10. The third-order valence-corrected chi connectivity index (χ3v) is 7.21. The van der Waals surface area contributed by atoms with Gasteiger partial charge in [-0.3, -0.25) is 0 Å². The second-order valence-electron chi connectivity index (χ2n) is 9.42. The number of anilines is 1. The summed E-state index contributed by atoms with van der Waals surface area (Å²) in [6, 6.07) is 10.4. The summed E-state index contributed by atoms with van der Waals surface area (Å²) in [5, 5.41) is 13.3. The van der Waals surface area contributed by atoms with Gasteiger partial charge in [-0.15, -0.1) is 5.10 Å². The Morgan fingerprint density at radius 1 is 1.15 bits per heavy atom. The molecule has 1 N–H and O–H groups in total. The van der Waals surface area contributed by atoms with Gasteiger partial charge in [0.15, 0.2) is 5.82 Å². The number of alkyl halides is 3. The Hall–Kier alpha value is -2.87. The summed E-state index contributed by atoms with van der Waals surface area (Å²) in [6.45, 7) is 5.62. The van der Waals surface area contributed by atoms with Crippen molar-refractivity contribution in [3.05, 3.63) is 59.3 Å². The van der Waals surface area contributed by atoms with E-state index in [0.29, 0.717) is 17.4 Å². The lowest BCUT2D eigenvalue weighted by Crippen LogP contribution is -2.42. The fourth-order valence-corrected chi connectivity index (χ4v) is 5.44. The first-order chi connectivity index (χ1) is 16.3. The summed E-state index contributed by atoms with van der Waals surface area (Å²) >= 11 is 0. The number of rotatable bonds is 5. The van der Waals surface area contributed by atoms with Gasteiger partial charge < -0.3 is 15.0 Å². The Balaban J connectivity index is 1.38. The van der Waals surface area contributed by atoms with Crippen LogP contribution in [0.3, 0.4) is 0 Å². The maximum atomic E-state index is 13.4. The number of piperidine rings is 1. The largest absolute Gasteiger partial charge is 0.490 e. The number of ether oxygens (including phenoxy) is 1. The van der Waals surface area contributed by atoms with Gasteiger partial charge in [-0.05, 0) is 81.5 Å². The van der Waals surface area contributed by atoms with Crippen LogP contribution in [0.5, 0.6) is 5.75 Å². The zero-order valence-corrected chi connectivity index (χ0v) is 19.4. The lowest BCUT2D eigenvalue weighted by molar-refractivity contribution is -0.138. The number of nitrogens with zero attached hydrogens (tertiary/aromatic N) is 3. The molecule has 0 aliphatic carbocycles. The smallest absolute Gasteiger partial charge is 0.416 e. The summed E-state index contributed by atoms with van der Waals surface area (Å²) in [5.74, 6) is 1.31. The molecule has 0 amide bonds. The molecule has 0 spiro atoms. The molecule has 0 saturated carbocycles. The van der Waals surface area contributed by atoms with E-state index < -0.39 is 17.8 Å². The molecule has 8 heteroatoms. The zero-order chi connectivity index (χ0) is 23.9. The van der Waals surface area contributed by atoms with Crippen LogP contribution in [0.25, 0.3) is 10.8 Å². The number of halogens is 3. The highest BCUT2D eigenvalue weighted by Gasteiger charge is 2.34. The van der Waals surface area contributed by atoms with Gasteiger partial charge in [-0.1, -0.05) is 12.1 Å². The summed E-state index contributed by atoms with van der Waals surface area (Å²) < 4.78 is 46.5. The molecule has 2 aliphatic heterocycles. The predicted octanol–water partition coefficient (Wildman–Crippen LogP) is 6.14. The highest BCUT2D eigenvalue weighted by molar-refractivity contribution is 5.92. The molecule has 2 unspecified atom stereocenters. The minimum atomic E-state index is -4.39. The van der Waals surface area contributed by atoms with Crippen LogP contribution in [0.2, 0.25) is 0 Å². The van der Waals surface area contributed by atoms with E-state index in [2.05, 4.69) is 20.4 Å². The lowest BCUT2D eigenvalue weighted by Gasteiger charge is -2.34. The number of benzene rings is 2. The van der Waals surface area contributed by atoms with Crippen molar-refractivity contribution in [2.24, 2.45) is 0 Å². The molecule has 3 heterocycles. The number of fused-ring (bicyclic) bond motifs is 2. The van der Waals surface area contributed by atoms with Crippen LogP contribution in [0.1, 0.15) is 55.3 Å². The lowest BCUT2D eigenvalue weighted by atomic mass is 9.97. The van der Waals surface area contributed by atoms with Crippen LogP contribution in [0, 0.1) is 6.92 Å². The quantitative estimate of drug-likeness (QED) is 0.486. The minimum absolute atomic E-state index is 0.190. The average Bonchev–Trinajstić information content (AvgIpc) is 3.27. The molecule has 1 aromatic heterocycles. The molecule has 2 saturated heterocycles. The van der Waals surface area contributed by atoms with Gasteiger partial charge in [0.05, 0.1) is 17.8 Å². The SMILES string of the molecule is Cc1c([C@@H](C)Nc2nncc3ccc(OC4CCN5CCCC5C4)cc23)cccc1C(F)(F)F. The minimum Gasteiger partial charge on any atom is -0.490 e. The maximum absolute atomic E-state index is 13.4. The van der Waals surface area contributed by atoms with E-state index in [1.54, 1.807) is 12.3 Å². The van der Waals surface area contributed by atoms with Crippen molar-refractivity contribution in [2.45, 2.75) is 63.9 Å². The third-order valence-electron chi connectivity index (χ3n) is 7.21. The highest BCUT2D eigenvalue weighted by Crippen LogP contribution is 2.36. The van der Waals surface area contributed by atoms with Crippen molar-refractivity contribution in [3.8, 4) is 5.75 Å². The maximum Gasteiger partial charge on any atom is 0.416 e. The van der Waals surface area contributed by atoms with Gasteiger partial charge in [0, 0.05) is 23.4 Å². The number of aromatic nitrogens is 2. The molecule has 34 heavy (non-hydrogen) atoms. The van der Waals surface area contributed by atoms with Crippen LogP contribution in [0.15, 0.2) is 42.6 Å². The number of hydrogen-bond acceptors (Lipinski definition) is 5. The van der Waals surface area contributed by atoms with Gasteiger partial charge in [-0.2, -0.15) is 18.3 Å². The van der Waals surface area contributed by atoms with E-state index >= 15 is 0 Å². The molecule has 3 aromatic rings. The van der Waals surface area contributed by atoms with Crippen LogP contribution in [-0.4, -0.2) is 40.3 Å². The predicted molar refractivity (Wildman–Crippen MR) is 126 cm³/mol. The molecular formula is C26H29F3N4O. The monoisotopic (exact) mass is 470 g/mol. The van der Waals surface area contributed by atoms with Crippen LogP contribution in [0.4, 0.5) is 19.0 Å². The van der Waals surface area contributed by atoms with Crippen molar-refractivity contribution < 1.29 is 17.9 Å². The second kappa shape index (κ2) is 9.06. The third kappa shape index (κ3) is 4.56. The van der Waals surface area contributed by atoms with Gasteiger partial charge in [0.1, 0.15) is 11.9 Å². The van der Waals surface area contributed by atoms with Crippen molar-refractivity contribution in [1.82, 2.24) is 15.1 Å². The molecule has 180 valence electrons. The van der Waals surface area contributed by atoms with Crippen LogP contribution < -0.4 is 10.1 Å². The van der Waals surface area contributed by atoms with Gasteiger partial charge >= 0.3 is 6.18 Å². The van der Waals surface area contributed by atoms with Gasteiger partial charge in [0.25, 0.3) is 0 Å². The number of hydrogen-bond donors (Lipinski definition) is 1. The van der Waals surface area contributed by atoms with Crippen molar-refractivity contribution in [3.63, 3.8) is 0 Å². The molecule has 2 aromatic carbocycles. The fourth-order valence-electron chi connectivity index (χ4n) is 5.44. The Morgan fingerprint density at radius 2 is 2.00 bits per heavy atom. The Labute approximate surface area is 197 Å². The van der Waals surface area contributed by atoms with E-state index in [0.717, 1.165) is 42.0 Å². The van der Waals surface area contributed by atoms with Gasteiger partial charge in [0.2, 0.25) is 0 Å². The van der Waals surface area contributed by atoms with E-state index in [4.69, 9.17) is 4.74 Å². The topological polar surface area (TPSA) is 50.3 Å². The van der Waals surface area contributed by atoms with E-state index in [-0.39, 0.29) is 11.7 Å². The second-order valence-corrected chi connectivity index (χ2v) is 9.42. The standard InChI is InChI=1S/C26H29F3N4O/c1-16-22(6-3-7-24(16)26(27,28)29)17(2)31-25-23-14-20(9-8-18(23)15-30-32-25)34-21-10-12-33-11-4-5-19(33)13-21/h3,6-9,14-15,17,19,21H,4-5,10-13H2,1-2H3,(H,31,32)/t17-,19?,21?/m1/s1. The molecule has 0 bridgehead atoms. The first kappa shape index (κ1) is 22.9. The molecular weight excluding hydrogens is 441 g/mol. The van der Waals surface area contributed by atoms with E-state index in [9.17, 15) is 13.2 Å². The first-order valence-corrected chi connectivity index (χ1v) is 11.9. The summed E-state index contributed by atoms with van der Waals surface area (Å²) in [7, 11) is 0. The Bertz CT molecular complexity index is 1180.